The molecule has 0 atom stereocenters. The van der Waals surface area contributed by atoms with Gasteiger partial charge in [0.15, 0.2) is 0 Å². The zero-order valence-electron chi connectivity index (χ0n) is 11.4. The molecule has 0 radical (unpaired) electrons. The van der Waals surface area contributed by atoms with E-state index in [4.69, 9.17) is 14.6 Å². The van der Waals surface area contributed by atoms with Crippen LogP contribution >= 0.6 is 0 Å². The number of methoxy groups -OCH3 is 1. The van der Waals surface area contributed by atoms with Gasteiger partial charge in [0.25, 0.3) is 0 Å². The summed E-state index contributed by atoms with van der Waals surface area (Å²) < 4.78 is 10.4. The molecular formula is C14H21NO4. The number of hydrogen-bond acceptors (Lipinski definition) is 4. The van der Waals surface area contributed by atoms with Crippen LogP contribution in [0.25, 0.3) is 0 Å². The van der Waals surface area contributed by atoms with Crippen LogP contribution in [-0.4, -0.2) is 37.9 Å². The maximum atomic E-state index is 11.1. The van der Waals surface area contributed by atoms with Gasteiger partial charge >= 0.3 is 5.97 Å². The average molecular weight is 267 g/mol. The molecule has 106 valence electrons. The van der Waals surface area contributed by atoms with E-state index in [0.29, 0.717) is 36.6 Å². The summed E-state index contributed by atoms with van der Waals surface area (Å²) in [6.07, 6.45) is 0.999. The van der Waals surface area contributed by atoms with Crippen molar-refractivity contribution in [1.82, 2.24) is 5.32 Å². The van der Waals surface area contributed by atoms with Crippen molar-refractivity contribution >= 4 is 5.97 Å². The van der Waals surface area contributed by atoms with Crippen molar-refractivity contribution in [2.45, 2.75) is 19.9 Å². The number of carbonyl (C=O) groups is 1. The second-order valence-corrected chi connectivity index (χ2v) is 4.12. The fraction of sp³-hybridized carbons (Fsp3) is 0.500. The fourth-order valence-corrected chi connectivity index (χ4v) is 1.67. The van der Waals surface area contributed by atoms with Crippen LogP contribution in [0.5, 0.6) is 5.75 Å². The topological polar surface area (TPSA) is 67.8 Å². The minimum Gasteiger partial charge on any atom is -0.497 e. The molecule has 0 unspecified atom stereocenters. The zero-order chi connectivity index (χ0) is 14.1. The number of carboxylic acids is 1. The lowest BCUT2D eigenvalue weighted by Gasteiger charge is -2.10. The van der Waals surface area contributed by atoms with Crippen molar-refractivity contribution in [2.75, 3.05) is 26.9 Å². The van der Waals surface area contributed by atoms with Crippen molar-refractivity contribution in [1.29, 1.82) is 0 Å². The van der Waals surface area contributed by atoms with E-state index < -0.39 is 5.97 Å². The number of nitrogens with one attached hydrogen (secondary N) is 1. The Morgan fingerprint density at radius 1 is 1.37 bits per heavy atom. The zero-order valence-corrected chi connectivity index (χ0v) is 11.4. The molecule has 0 amide bonds. The second kappa shape index (κ2) is 8.50. The third kappa shape index (κ3) is 5.28. The van der Waals surface area contributed by atoms with E-state index in [-0.39, 0.29) is 0 Å². The smallest absolute Gasteiger partial charge is 0.336 e. The van der Waals surface area contributed by atoms with Crippen molar-refractivity contribution in [3.63, 3.8) is 0 Å². The molecule has 1 aromatic carbocycles. The molecule has 0 aliphatic heterocycles. The van der Waals surface area contributed by atoms with E-state index in [0.717, 1.165) is 13.0 Å². The number of aromatic carboxylic acids is 1. The number of benzene rings is 1. The van der Waals surface area contributed by atoms with Gasteiger partial charge in [-0.05, 0) is 30.2 Å². The predicted molar refractivity (Wildman–Crippen MR) is 72.8 cm³/mol. The SMILES string of the molecule is CCCOCCNCc1cc(OC)ccc1C(=O)O. The Morgan fingerprint density at radius 2 is 2.16 bits per heavy atom. The number of rotatable bonds is 9. The van der Waals surface area contributed by atoms with Gasteiger partial charge in [0.05, 0.1) is 19.3 Å². The summed E-state index contributed by atoms with van der Waals surface area (Å²) in [4.78, 5) is 11.1. The maximum Gasteiger partial charge on any atom is 0.336 e. The second-order valence-electron chi connectivity index (χ2n) is 4.12. The summed E-state index contributed by atoms with van der Waals surface area (Å²) in [5, 5.41) is 12.3. The molecule has 1 rings (SSSR count). The third-order valence-electron chi connectivity index (χ3n) is 2.63. The van der Waals surface area contributed by atoms with Gasteiger partial charge in [0.1, 0.15) is 5.75 Å². The van der Waals surface area contributed by atoms with Crippen LogP contribution < -0.4 is 10.1 Å². The molecule has 0 heterocycles. The quantitative estimate of drug-likeness (QED) is 0.669. The van der Waals surface area contributed by atoms with Gasteiger partial charge < -0.3 is 19.9 Å². The Bertz CT molecular complexity index is 406. The van der Waals surface area contributed by atoms with E-state index in [9.17, 15) is 4.79 Å². The first-order chi connectivity index (χ1) is 9.19. The average Bonchev–Trinajstić information content (AvgIpc) is 2.42. The van der Waals surface area contributed by atoms with Gasteiger partial charge in [-0.1, -0.05) is 6.92 Å². The van der Waals surface area contributed by atoms with Crippen molar-refractivity contribution in [3.05, 3.63) is 29.3 Å². The van der Waals surface area contributed by atoms with Crippen LogP contribution in [0, 0.1) is 0 Å². The summed E-state index contributed by atoms with van der Waals surface area (Å²) in [6.45, 7) is 4.61. The number of carboxylic acid groups (broad SMARTS) is 1. The van der Waals surface area contributed by atoms with Gasteiger partial charge in [0, 0.05) is 19.7 Å². The summed E-state index contributed by atoms with van der Waals surface area (Å²) in [7, 11) is 1.56. The van der Waals surface area contributed by atoms with Crippen LogP contribution in [0.4, 0.5) is 0 Å². The summed E-state index contributed by atoms with van der Waals surface area (Å²) >= 11 is 0. The highest BCUT2D eigenvalue weighted by Crippen LogP contribution is 2.17. The molecule has 0 bridgehead atoms. The minimum atomic E-state index is -0.929. The molecule has 1 aromatic rings. The fourth-order valence-electron chi connectivity index (χ4n) is 1.67. The van der Waals surface area contributed by atoms with E-state index in [2.05, 4.69) is 12.2 Å². The van der Waals surface area contributed by atoms with Gasteiger partial charge in [-0.3, -0.25) is 0 Å². The van der Waals surface area contributed by atoms with Crippen LogP contribution in [0.3, 0.4) is 0 Å². The van der Waals surface area contributed by atoms with Gasteiger partial charge in [-0.15, -0.1) is 0 Å². The Morgan fingerprint density at radius 3 is 2.79 bits per heavy atom. The summed E-state index contributed by atoms with van der Waals surface area (Å²) in [5.41, 5.74) is 1.00. The standard InChI is InChI=1S/C14H21NO4/c1-3-7-19-8-6-15-10-11-9-12(18-2)4-5-13(11)14(16)17/h4-5,9,15H,3,6-8,10H2,1-2H3,(H,16,17). The van der Waals surface area contributed by atoms with Gasteiger partial charge in [-0.2, -0.15) is 0 Å². The Hall–Kier alpha value is -1.59. The molecule has 19 heavy (non-hydrogen) atoms. The summed E-state index contributed by atoms with van der Waals surface area (Å²) in [6, 6.07) is 4.95. The van der Waals surface area contributed by atoms with E-state index >= 15 is 0 Å². The highest BCUT2D eigenvalue weighted by atomic mass is 16.5. The molecule has 0 aliphatic rings. The van der Waals surface area contributed by atoms with Crippen molar-refractivity contribution in [2.24, 2.45) is 0 Å². The van der Waals surface area contributed by atoms with Crippen LogP contribution in [-0.2, 0) is 11.3 Å². The van der Waals surface area contributed by atoms with Gasteiger partial charge in [0.2, 0.25) is 0 Å². The monoisotopic (exact) mass is 267 g/mol. The lowest BCUT2D eigenvalue weighted by Crippen LogP contribution is -2.21. The highest BCUT2D eigenvalue weighted by Gasteiger charge is 2.10. The molecule has 0 aliphatic carbocycles. The molecule has 5 nitrogen and oxygen atoms in total. The molecule has 0 fully saturated rings. The van der Waals surface area contributed by atoms with Crippen LogP contribution in [0.1, 0.15) is 29.3 Å². The number of hydrogen-bond donors (Lipinski definition) is 2. The first-order valence-corrected chi connectivity index (χ1v) is 6.37. The van der Waals surface area contributed by atoms with Crippen molar-refractivity contribution in [3.8, 4) is 5.75 Å². The normalized spacial score (nSPS) is 10.4. The molecule has 0 saturated carbocycles. The highest BCUT2D eigenvalue weighted by molar-refractivity contribution is 5.89. The largest absolute Gasteiger partial charge is 0.497 e. The maximum absolute atomic E-state index is 11.1. The lowest BCUT2D eigenvalue weighted by atomic mass is 10.1. The molecule has 0 spiro atoms. The van der Waals surface area contributed by atoms with E-state index in [1.54, 1.807) is 25.3 Å². The summed E-state index contributed by atoms with van der Waals surface area (Å²) in [5.74, 6) is -0.272. The molecule has 0 saturated heterocycles. The Balaban J connectivity index is 2.52. The molecular weight excluding hydrogens is 246 g/mol. The Labute approximate surface area is 113 Å². The van der Waals surface area contributed by atoms with Crippen LogP contribution in [0.2, 0.25) is 0 Å². The van der Waals surface area contributed by atoms with Crippen LogP contribution in [0.15, 0.2) is 18.2 Å². The lowest BCUT2D eigenvalue weighted by molar-refractivity contribution is 0.0695. The number of ether oxygens (including phenoxy) is 2. The first-order valence-electron chi connectivity index (χ1n) is 6.37. The van der Waals surface area contributed by atoms with E-state index in [1.807, 2.05) is 0 Å². The molecule has 0 aromatic heterocycles. The van der Waals surface area contributed by atoms with E-state index in [1.165, 1.54) is 0 Å². The first kappa shape index (κ1) is 15.5. The predicted octanol–water partition coefficient (Wildman–Crippen LogP) is 1.91. The third-order valence-corrected chi connectivity index (χ3v) is 2.63. The minimum absolute atomic E-state index is 0.294. The van der Waals surface area contributed by atoms with Crippen molar-refractivity contribution < 1.29 is 19.4 Å². The van der Waals surface area contributed by atoms with Gasteiger partial charge in [-0.25, -0.2) is 4.79 Å². The molecule has 5 heteroatoms. The Kier molecular flexibility index (Phi) is 6.92. The molecule has 2 N–H and O–H groups in total.